The number of carbonyl (C=O) groups excluding carboxylic acids is 1. The largest absolute Gasteiger partial charge is 0.392 e. The fourth-order valence-electron chi connectivity index (χ4n) is 0.705. The Kier molecular flexibility index (Phi) is 2.97. The van der Waals surface area contributed by atoms with E-state index in [1.165, 1.54) is 0 Å². The lowest BCUT2D eigenvalue weighted by Crippen LogP contribution is -2.30. The lowest BCUT2D eigenvalue weighted by Gasteiger charge is -2.03. The van der Waals surface area contributed by atoms with Gasteiger partial charge < -0.3 is 14.9 Å². The van der Waals surface area contributed by atoms with E-state index in [1.807, 2.05) is 0 Å². The molecule has 0 aliphatic rings. The van der Waals surface area contributed by atoms with Crippen molar-refractivity contribution in [1.29, 1.82) is 0 Å². The number of aryl methyl sites for hydroxylation is 1. The molecule has 1 rings (SSSR count). The molecule has 0 bridgehead atoms. The number of rotatable bonds is 3. The summed E-state index contributed by atoms with van der Waals surface area (Å²) in [7, 11) is 0. The smallest absolute Gasteiger partial charge is 0.315 e. The van der Waals surface area contributed by atoms with Gasteiger partial charge in [-0.2, -0.15) is 4.98 Å². The second kappa shape index (κ2) is 3.99. The van der Waals surface area contributed by atoms with Crippen LogP contribution < -0.4 is 5.32 Å². The molecular formula is C7H11N3O3. The predicted molar refractivity (Wildman–Crippen MR) is 43.0 cm³/mol. The van der Waals surface area contributed by atoms with Crippen LogP contribution in [0, 0.1) is 6.92 Å². The Morgan fingerprint density at radius 2 is 2.46 bits per heavy atom. The third-order valence-corrected chi connectivity index (χ3v) is 1.28. The number of aromatic nitrogens is 2. The van der Waals surface area contributed by atoms with Crippen molar-refractivity contribution < 1.29 is 14.4 Å². The molecule has 6 heteroatoms. The van der Waals surface area contributed by atoms with Crippen molar-refractivity contribution in [2.75, 3.05) is 6.54 Å². The number of aliphatic hydroxyl groups excluding tert-OH is 1. The minimum absolute atomic E-state index is 0.0850. The van der Waals surface area contributed by atoms with Crippen molar-refractivity contribution >= 4 is 5.91 Å². The molecule has 0 saturated heterocycles. The van der Waals surface area contributed by atoms with E-state index in [-0.39, 0.29) is 12.4 Å². The molecule has 72 valence electrons. The van der Waals surface area contributed by atoms with Gasteiger partial charge >= 0.3 is 11.8 Å². The van der Waals surface area contributed by atoms with Gasteiger partial charge in [0.25, 0.3) is 0 Å². The lowest BCUT2D eigenvalue weighted by molar-refractivity contribution is 0.0880. The first-order valence-corrected chi connectivity index (χ1v) is 3.86. The van der Waals surface area contributed by atoms with Crippen molar-refractivity contribution in [3.05, 3.63) is 11.7 Å². The molecule has 0 saturated carbocycles. The summed E-state index contributed by atoms with van der Waals surface area (Å²) in [5.74, 6) is -0.151. The van der Waals surface area contributed by atoms with Gasteiger partial charge in [0.15, 0.2) is 5.82 Å². The van der Waals surface area contributed by atoms with Crippen LogP contribution in [0.5, 0.6) is 0 Å². The number of hydrogen-bond donors (Lipinski definition) is 2. The summed E-state index contributed by atoms with van der Waals surface area (Å²) in [4.78, 5) is 14.9. The maximum absolute atomic E-state index is 11.1. The standard InChI is InChI=1S/C7H11N3O3/c1-4(11)3-8-6(12)7-9-5(2)10-13-7/h4,11H,3H2,1-2H3,(H,8,12)/t4-/m1/s1. The van der Waals surface area contributed by atoms with Gasteiger partial charge in [-0.05, 0) is 13.8 Å². The van der Waals surface area contributed by atoms with E-state index in [0.29, 0.717) is 5.82 Å². The number of aliphatic hydroxyl groups is 1. The zero-order valence-corrected chi connectivity index (χ0v) is 7.44. The molecule has 2 N–H and O–H groups in total. The number of carbonyl (C=O) groups is 1. The third-order valence-electron chi connectivity index (χ3n) is 1.28. The summed E-state index contributed by atoms with van der Waals surface area (Å²) in [5, 5.41) is 14.8. The maximum Gasteiger partial charge on any atom is 0.315 e. The van der Waals surface area contributed by atoms with E-state index in [2.05, 4.69) is 20.0 Å². The van der Waals surface area contributed by atoms with E-state index >= 15 is 0 Å². The third kappa shape index (κ3) is 2.83. The van der Waals surface area contributed by atoms with Gasteiger partial charge in [0.2, 0.25) is 0 Å². The summed E-state index contributed by atoms with van der Waals surface area (Å²) in [6, 6.07) is 0. The Hall–Kier alpha value is -1.43. The summed E-state index contributed by atoms with van der Waals surface area (Å²) in [6.07, 6.45) is -0.590. The molecule has 0 unspecified atom stereocenters. The molecule has 0 spiro atoms. The lowest BCUT2D eigenvalue weighted by atomic mass is 10.4. The van der Waals surface area contributed by atoms with Crippen LogP contribution in [0.3, 0.4) is 0 Å². The van der Waals surface area contributed by atoms with E-state index < -0.39 is 12.0 Å². The first-order chi connectivity index (χ1) is 6.09. The predicted octanol–water partition coefficient (Wildman–Crippen LogP) is -0.511. The van der Waals surface area contributed by atoms with Gasteiger partial charge in [-0.1, -0.05) is 5.16 Å². The second-order valence-electron chi connectivity index (χ2n) is 2.71. The van der Waals surface area contributed by atoms with E-state index in [1.54, 1.807) is 13.8 Å². The second-order valence-corrected chi connectivity index (χ2v) is 2.71. The van der Waals surface area contributed by atoms with Crippen molar-refractivity contribution in [2.45, 2.75) is 20.0 Å². The first kappa shape index (κ1) is 9.66. The van der Waals surface area contributed by atoms with Crippen LogP contribution in [0.2, 0.25) is 0 Å². The van der Waals surface area contributed by atoms with E-state index in [9.17, 15) is 4.79 Å². The zero-order chi connectivity index (χ0) is 9.84. The van der Waals surface area contributed by atoms with E-state index in [4.69, 9.17) is 5.11 Å². The Bertz CT molecular complexity index is 295. The highest BCUT2D eigenvalue weighted by Crippen LogP contribution is 1.94. The van der Waals surface area contributed by atoms with Crippen molar-refractivity contribution in [3.63, 3.8) is 0 Å². The normalized spacial score (nSPS) is 12.5. The summed E-state index contributed by atoms with van der Waals surface area (Å²) >= 11 is 0. The topological polar surface area (TPSA) is 88.2 Å². The first-order valence-electron chi connectivity index (χ1n) is 3.86. The zero-order valence-electron chi connectivity index (χ0n) is 7.44. The highest BCUT2D eigenvalue weighted by atomic mass is 16.5. The number of amides is 1. The van der Waals surface area contributed by atoms with Gasteiger partial charge in [0.1, 0.15) is 0 Å². The molecule has 1 amide bonds. The maximum atomic E-state index is 11.1. The summed E-state index contributed by atoms with van der Waals surface area (Å²) in [6.45, 7) is 3.36. The highest BCUT2D eigenvalue weighted by molar-refractivity contribution is 5.89. The highest BCUT2D eigenvalue weighted by Gasteiger charge is 2.13. The summed E-state index contributed by atoms with van der Waals surface area (Å²) in [5.41, 5.74) is 0. The molecule has 13 heavy (non-hydrogen) atoms. The Morgan fingerprint density at radius 1 is 1.77 bits per heavy atom. The van der Waals surface area contributed by atoms with Gasteiger partial charge in [0, 0.05) is 6.54 Å². The molecule has 0 fully saturated rings. The minimum Gasteiger partial charge on any atom is -0.392 e. The molecule has 1 atom stereocenters. The Morgan fingerprint density at radius 3 is 2.92 bits per heavy atom. The van der Waals surface area contributed by atoms with Crippen LogP contribution in [-0.4, -0.2) is 33.8 Å². The SMILES string of the molecule is Cc1noc(C(=O)NC[C@@H](C)O)n1. The molecule has 0 aliphatic heterocycles. The van der Waals surface area contributed by atoms with Crippen molar-refractivity contribution in [1.82, 2.24) is 15.5 Å². The van der Waals surface area contributed by atoms with Crippen LogP contribution in [0.4, 0.5) is 0 Å². The van der Waals surface area contributed by atoms with Gasteiger partial charge in [-0.25, -0.2) is 0 Å². The number of hydrogen-bond acceptors (Lipinski definition) is 5. The molecule has 1 aromatic heterocycles. The summed E-state index contributed by atoms with van der Waals surface area (Å²) < 4.78 is 4.60. The Labute approximate surface area is 74.9 Å². The number of nitrogens with zero attached hydrogens (tertiary/aromatic N) is 2. The molecule has 6 nitrogen and oxygen atoms in total. The molecule has 0 aliphatic carbocycles. The van der Waals surface area contributed by atoms with Gasteiger partial charge in [0.05, 0.1) is 6.10 Å². The average Bonchev–Trinajstić information content (AvgIpc) is 2.47. The van der Waals surface area contributed by atoms with Crippen molar-refractivity contribution in [2.24, 2.45) is 0 Å². The Balaban J connectivity index is 2.49. The number of nitrogens with one attached hydrogen (secondary N) is 1. The van der Waals surface area contributed by atoms with Crippen LogP contribution in [0.1, 0.15) is 23.4 Å². The monoisotopic (exact) mass is 185 g/mol. The van der Waals surface area contributed by atoms with Crippen LogP contribution >= 0.6 is 0 Å². The van der Waals surface area contributed by atoms with Crippen LogP contribution in [0.25, 0.3) is 0 Å². The van der Waals surface area contributed by atoms with Crippen molar-refractivity contribution in [3.8, 4) is 0 Å². The molecule has 0 radical (unpaired) electrons. The van der Waals surface area contributed by atoms with Gasteiger partial charge in [-0.3, -0.25) is 4.79 Å². The molecule has 1 heterocycles. The fourth-order valence-corrected chi connectivity index (χ4v) is 0.705. The molecule has 1 aromatic rings. The van der Waals surface area contributed by atoms with E-state index in [0.717, 1.165) is 0 Å². The minimum atomic E-state index is -0.590. The average molecular weight is 185 g/mol. The van der Waals surface area contributed by atoms with Crippen LogP contribution in [0.15, 0.2) is 4.52 Å². The fraction of sp³-hybridized carbons (Fsp3) is 0.571. The quantitative estimate of drug-likeness (QED) is 0.662. The van der Waals surface area contributed by atoms with Gasteiger partial charge in [-0.15, -0.1) is 0 Å². The molecule has 0 aromatic carbocycles. The van der Waals surface area contributed by atoms with Crippen LogP contribution in [-0.2, 0) is 0 Å². The molecular weight excluding hydrogens is 174 g/mol.